The topological polar surface area (TPSA) is 55.6 Å². The molecule has 1 N–H and O–H groups in total. The molecule has 5 rings (SSSR count). The van der Waals surface area contributed by atoms with Gasteiger partial charge in [-0.3, -0.25) is 9.13 Å². The van der Waals surface area contributed by atoms with E-state index >= 15 is 0 Å². The number of thiophene rings is 1. The Morgan fingerprint density at radius 3 is 2.40 bits per heavy atom. The van der Waals surface area contributed by atoms with Crippen molar-refractivity contribution in [3.8, 4) is 33.2 Å². The predicted octanol–water partition coefficient (Wildman–Crippen LogP) is 5.23. The molecule has 3 aromatic heterocycles. The van der Waals surface area contributed by atoms with Crippen molar-refractivity contribution >= 4 is 22.4 Å². The summed E-state index contributed by atoms with van der Waals surface area (Å²) in [5.74, 6) is 0.858. The lowest BCUT2D eigenvalue weighted by Gasteiger charge is -2.05. The Balaban J connectivity index is 1.73. The van der Waals surface area contributed by atoms with Crippen LogP contribution in [0, 0.1) is 0 Å². The average molecular weight is 415 g/mol. The largest absolute Gasteiger partial charge is 0.337 e. The molecule has 30 heavy (non-hydrogen) atoms. The van der Waals surface area contributed by atoms with Gasteiger partial charge in [-0.1, -0.05) is 43.3 Å². The van der Waals surface area contributed by atoms with Crippen LogP contribution in [-0.2, 0) is 20.5 Å². The average Bonchev–Trinajstić information content (AvgIpc) is 3.51. The van der Waals surface area contributed by atoms with Crippen molar-refractivity contribution in [1.82, 2.24) is 19.1 Å². The number of rotatable bonds is 4. The van der Waals surface area contributed by atoms with Crippen LogP contribution < -0.4 is 5.69 Å². The van der Waals surface area contributed by atoms with E-state index in [1.165, 1.54) is 5.56 Å². The first kappa shape index (κ1) is 18.6. The maximum Gasteiger partial charge on any atom is 0.328 e. The third-order valence-corrected chi connectivity index (χ3v) is 6.53. The molecule has 0 saturated carbocycles. The molecule has 0 aliphatic rings. The monoisotopic (exact) mass is 414 g/mol. The molecule has 0 fully saturated rings. The summed E-state index contributed by atoms with van der Waals surface area (Å²) in [6.07, 6.45) is 1.01. The fourth-order valence-corrected chi connectivity index (χ4v) is 4.55. The zero-order valence-corrected chi connectivity index (χ0v) is 18.0. The highest BCUT2D eigenvalue weighted by molar-refractivity contribution is 7.13. The summed E-state index contributed by atoms with van der Waals surface area (Å²) in [5, 5.41) is 2.05. The van der Waals surface area contributed by atoms with Crippen molar-refractivity contribution in [2.75, 3.05) is 0 Å². The fraction of sp³-hybridized carbons (Fsp3) is 0.167. The Labute approximate surface area is 178 Å². The van der Waals surface area contributed by atoms with Gasteiger partial charge in [0, 0.05) is 25.2 Å². The number of benzene rings is 2. The number of nitrogens with one attached hydrogen (secondary N) is 1. The Hall–Kier alpha value is -3.38. The second-order valence-electron chi connectivity index (χ2n) is 7.44. The summed E-state index contributed by atoms with van der Waals surface area (Å²) in [4.78, 5) is 22.0. The molecule has 0 saturated heterocycles. The number of imidazole rings is 2. The molecule has 5 aromatic rings. The Bertz CT molecular complexity index is 1400. The summed E-state index contributed by atoms with van der Waals surface area (Å²) in [5.41, 5.74) is 7.04. The minimum absolute atomic E-state index is 0.0289. The van der Waals surface area contributed by atoms with Crippen molar-refractivity contribution in [2.45, 2.75) is 13.3 Å². The van der Waals surface area contributed by atoms with Gasteiger partial charge in [0.25, 0.3) is 0 Å². The third kappa shape index (κ3) is 2.92. The van der Waals surface area contributed by atoms with E-state index in [4.69, 9.17) is 4.98 Å². The van der Waals surface area contributed by atoms with E-state index in [-0.39, 0.29) is 5.69 Å². The van der Waals surface area contributed by atoms with E-state index in [1.54, 1.807) is 34.6 Å². The second-order valence-corrected chi connectivity index (χ2v) is 8.39. The number of nitrogens with zero attached hydrogens (tertiary/aromatic N) is 3. The van der Waals surface area contributed by atoms with Crippen LogP contribution in [0.25, 0.3) is 44.2 Å². The van der Waals surface area contributed by atoms with Crippen LogP contribution in [-0.4, -0.2) is 19.1 Å². The minimum atomic E-state index is -0.0289. The van der Waals surface area contributed by atoms with Gasteiger partial charge in [-0.05, 0) is 35.6 Å². The number of aryl methyl sites for hydroxylation is 3. The predicted molar refractivity (Wildman–Crippen MR) is 124 cm³/mol. The van der Waals surface area contributed by atoms with Crippen molar-refractivity contribution < 1.29 is 0 Å². The van der Waals surface area contributed by atoms with Crippen LogP contribution in [0.4, 0.5) is 0 Å². The van der Waals surface area contributed by atoms with Crippen molar-refractivity contribution in [2.24, 2.45) is 14.1 Å². The van der Waals surface area contributed by atoms with Crippen LogP contribution in [0.15, 0.2) is 64.8 Å². The summed E-state index contributed by atoms with van der Waals surface area (Å²) in [7, 11) is 3.61. The molecule has 6 heteroatoms. The lowest BCUT2D eigenvalue weighted by molar-refractivity contribution is 0.795. The highest BCUT2D eigenvalue weighted by Crippen LogP contribution is 2.35. The molecular formula is C24H22N4OS. The van der Waals surface area contributed by atoms with E-state index in [0.29, 0.717) is 0 Å². The van der Waals surface area contributed by atoms with Crippen molar-refractivity contribution in [3.63, 3.8) is 0 Å². The number of aromatic nitrogens is 4. The summed E-state index contributed by atoms with van der Waals surface area (Å²) in [6, 6.07) is 18.8. The van der Waals surface area contributed by atoms with Gasteiger partial charge >= 0.3 is 5.69 Å². The lowest BCUT2D eigenvalue weighted by atomic mass is 10.0. The lowest BCUT2D eigenvalue weighted by Crippen LogP contribution is -2.19. The number of fused-ring (bicyclic) bond motifs is 1. The maximum atomic E-state index is 12.3. The summed E-state index contributed by atoms with van der Waals surface area (Å²) < 4.78 is 3.35. The highest BCUT2D eigenvalue weighted by atomic mass is 32.1. The Morgan fingerprint density at radius 1 is 0.967 bits per heavy atom. The standard InChI is InChI=1S/C24H22N4OS/c1-4-15-7-9-16(10-8-15)21-22(26-23(25-21)20-6-5-13-30-20)17-11-12-18-19(14-17)28(3)24(29)27(18)2/h5-14H,4H2,1-3H3,(H,25,26). The van der Waals surface area contributed by atoms with E-state index < -0.39 is 0 Å². The zero-order valence-electron chi connectivity index (χ0n) is 17.1. The zero-order chi connectivity index (χ0) is 20.8. The van der Waals surface area contributed by atoms with E-state index in [2.05, 4.69) is 53.7 Å². The first-order valence-electron chi connectivity index (χ1n) is 9.96. The normalized spacial score (nSPS) is 11.4. The summed E-state index contributed by atoms with van der Waals surface area (Å²) >= 11 is 1.66. The first-order chi connectivity index (χ1) is 14.6. The molecule has 150 valence electrons. The van der Waals surface area contributed by atoms with E-state index in [9.17, 15) is 4.79 Å². The van der Waals surface area contributed by atoms with Gasteiger partial charge < -0.3 is 4.98 Å². The van der Waals surface area contributed by atoms with Crippen molar-refractivity contribution in [3.05, 3.63) is 76.0 Å². The SMILES string of the molecule is CCc1ccc(-c2[nH]c(-c3cccs3)nc2-c2ccc3c(c2)n(C)c(=O)n3C)cc1. The third-order valence-electron chi connectivity index (χ3n) is 5.65. The number of H-pyrrole nitrogens is 1. The molecule has 0 radical (unpaired) electrons. The molecule has 0 atom stereocenters. The first-order valence-corrected chi connectivity index (χ1v) is 10.8. The molecule has 0 unspecified atom stereocenters. The quantitative estimate of drug-likeness (QED) is 0.438. The molecule has 0 aliphatic carbocycles. The van der Waals surface area contributed by atoms with Crippen molar-refractivity contribution in [1.29, 1.82) is 0 Å². The summed E-state index contributed by atoms with van der Waals surface area (Å²) in [6.45, 7) is 2.16. The van der Waals surface area contributed by atoms with Gasteiger partial charge in [0.05, 0.1) is 27.3 Å². The Kier molecular flexibility index (Phi) is 4.44. The van der Waals surface area contributed by atoms with Crippen LogP contribution in [0.5, 0.6) is 0 Å². The minimum Gasteiger partial charge on any atom is -0.337 e. The van der Waals surface area contributed by atoms with Crippen LogP contribution in [0.2, 0.25) is 0 Å². The molecule has 0 aliphatic heterocycles. The highest BCUT2D eigenvalue weighted by Gasteiger charge is 2.17. The number of aromatic amines is 1. The molecule has 0 bridgehead atoms. The van der Waals surface area contributed by atoms with Gasteiger partial charge in [-0.15, -0.1) is 11.3 Å². The fourth-order valence-electron chi connectivity index (χ4n) is 3.88. The molecule has 0 spiro atoms. The van der Waals surface area contributed by atoms with Gasteiger partial charge in [-0.2, -0.15) is 0 Å². The Morgan fingerprint density at radius 2 is 1.70 bits per heavy atom. The molecule has 0 amide bonds. The number of hydrogen-bond donors (Lipinski definition) is 1. The smallest absolute Gasteiger partial charge is 0.328 e. The van der Waals surface area contributed by atoms with Gasteiger partial charge in [-0.25, -0.2) is 9.78 Å². The second kappa shape index (κ2) is 7.15. The van der Waals surface area contributed by atoms with Gasteiger partial charge in [0.15, 0.2) is 0 Å². The van der Waals surface area contributed by atoms with Crippen LogP contribution in [0.1, 0.15) is 12.5 Å². The van der Waals surface area contributed by atoms with E-state index in [1.807, 2.05) is 18.2 Å². The van der Waals surface area contributed by atoms with E-state index in [0.717, 1.165) is 50.7 Å². The molecular weight excluding hydrogens is 392 g/mol. The number of hydrogen-bond acceptors (Lipinski definition) is 3. The van der Waals surface area contributed by atoms with Gasteiger partial charge in [0.1, 0.15) is 5.82 Å². The van der Waals surface area contributed by atoms with Crippen LogP contribution in [0.3, 0.4) is 0 Å². The van der Waals surface area contributed by atoms with Gasteiger partial charge in [0.2, 0.25) is 0 Å². The molecule has 3 heterocycles. The van der Waals surface area contributed by atoms with Crippen LogP contribution >= 0.6 is 11.3 Å². The maximum absolute atomic E-state index is 12.3. The molecule has 5 nitrogen and oxygen atoms in total. The molecule has 2 aromatic carbocycles.